The first-order valence-electron chi connectivity index (χ1n) is 6.15. The molecule has 0 spiro atoms. The molecule has 0 aliphatic carbocycles. The summed E-state index contributed by atoms with van der Waals surface area (Å²) in [6.45, 7) is 4.12. The first-order valence-corrected chi connectivity index (χ1v) is 6.15. The highest BCUT2D eigenvalue weighted by Crippen LogP contribution is 2.24. The second-order valence-corrected chi connectivity index (χ2v) is 4.74. The minimum Gasteiger partial charge on any atom is -0.409 e. The average Bonchev–Trinajstić information content (AvgIpc) is 2.44. The summed E-state index contributed by atoms with van der Waals surface area (Å²) in [4.78, 5) is 6.62. The van der Waals surface area contributed by atoms with Gasteiger partial charge in [-0.15, -0.1) is 0 Å². The van der Waals surface area contributed by atoms with Crippen LogP contribution >= 0.6 is 0 Å². The minimum atomic E-state index is 0.0701. The monoisotopic (exact) mass is 258 g/mol. The van der Waals surface area contributed by atoms with Crippen molar-refractivity contribution in [2.24, 2.45) is 10.9 Å². The number of pyridine rings is 1. The Morgan fingerprint density at radius 3 is 2.68 bits per heavy atom. The number of benzene rings is 1. The molecule has 1 aromatic carbocycles. The fourth-order valence-corrected chi connectivity index (χ4v) is 1.86. The van der Waals surface area contributed by atoms with Gasteiger partial charge in [0.2, 0.25) is 0 Å². The van der Waals surface area contributed by atoms with E-state index in [4.69, 9.17) is 10.9 Å². The Morgan fingerprint density at radius 1 is 1.37 bits per heavy atom. The second-order valence-electron chi connectivity index (χ2n) is 4.74. The molecule has 100 valence electrons. The lowest BCUT2D eigenvalue weighted by atomic mass is 10.1. The lowest BCUT2D eigenvalue weighted by Gasteiger charge is -2.25. The van der Waals surface area contributed by atoms with Gasteiger partial charge in [-0.1, -0.05) is 23.4 Å². The molecule has 5 heteroatoms. The Hall–Kier alpha value is -2.30. The molecular weight excluding hydrogens is 240 g/mol. The van der Waals surface area contributed by atoms with Crippen LogP contribution in [0.25, 0.3) is 10.9 Å². The number of amidine groups is 1. The van der Waals surface area contributed by atoms with Crippen LogP contribution in [-0.2, 0) is 0 Å². The first-order chi connectivity index (χ1) is 9.04. The van der Waals surface area contributed by atoms with E-state index in [-0.39, 0.29) is 11.9 Å². The number of rotatable bonds is 3. The van der Waals surface area contributed by atoms with Gasteiger partial charge in [-0.2, -0.15) is 0 Å². The third kappa shape index (κ3) is 2.45. The lowest BCUT2D eigenvalue weighted by molar-refractivity contribution is 0.318. The number of nitrogens with two attached hydrogens (primary N) is 1. The molecule has 0 radical (unpaired) electrons. The van der Waals surface area contributed by atoms with Crippen molar-refractivity contribution in [2.75, 3.05) is 11.9 Å². The lowest BCUT2D eigenvalue weighted by Crippen LogP contribution is -2.30. The average molecular weight is 258 g/mol. The smallest absolute Gasteiger partial charge is 0.173 e. The van der Waals surface area contributed by atoms with E-state index < -0.39 is 0 Å². The second kappa shape index (κ2) is 5.14. The van der Waals surface area contributed by atoms with Crippen molar-refractivity contribution in [2.45, 2.75) is 19.9 Å². The Balaban J connectivity index is 2.71. The Labute approximate surface area is 112 Å². The molecular formula is C14H18N4O. The number of para-hydroxylation sites is 1. The van der Waals surface area contributed by atoms with Crippen molar-refractivity contribution in [3.63, 3.8) is 0 Å². The highest BCUT2D eigenvalue weighted by molar-refractivity contribution is 6.04. The van der Waals surface area contributed by atoms with Crippen molar-refractivity contribution in [3.8, 4) is 0 Å². The van der Waals surface area contributed by atoms with Gasteiger partial charge >= 0.3 is 0 Å². The van der Waals surface area contributed by atoms with E-state index in [0.717, 1.165) is 10.9 Å². The summed E-state index contributed by atoms with van der Waals surface area (Å²) in [6, 6.07) is 9.94. The van der Waals surface area contributed by atoms with Crippen molar-refractivity contribution >= 4 is 22.6 Å². The van der Waals surface area contributed by atoms with E-state index in [1.54, 1.807) is 0 Å². The molecule has 0 unspecified atom stereocenters. The van der Waals surface area contributed by atoms with Crippen molar-refractivity contribution < 1.29 is 5.21 Å². The van der Waals surface area contributed by atoms with Gasteiger partial charge < -0.3 is 15.8 Å². The van der Waals surface area contributed by atoms with Crippen LogP contribution in [0, 0.1) is 0 Å². The molecule has 0 fully saturated rings. The first kappa shape index (κ1) is 13.1. The van der Waals surface area contributed by atoms with E-state index in [2.05, 4.69) is 24.0 Å². The Bertz CT molecular complexity index is 622. The fraction of sp³-hybridized carbons (Fsp3) is 0.286. The zero-order valence-corrected chi connectivity index (χ0v) is 11.3. The van der Waals surface area contributed by atoms with Gasteiger partial charge in [0.15, 0.2) is 5.84 Å². The quantitative estimate of drug-likeness (QED) is 0.383. The van der Waals surface area contributed by atoms with Gasteiger partial charge in [0.1, 0.15) is 5.82 Å². The van der Waals surface area contributed by atoms with E-state index in [0.29, 0.717) is 11.4 Å². The molecule has 0 aliphatic rings. The minimum absolute atomic E-state index is 0.0701. The Morgan fingerprint density at radius 2 is 2.05 bits per heavy atom. The largest absolute Gasteiger partial charge is 0.409 e. The number of hydrogen-bond acceptors (Lipinski definition) is 4. The molecule has 0 saturated heterocycles. The number of nitrogens with zero attached hydrogens (tertiary/aromatic N) is 3. The molecule has 19 heavy (non-hydrogen) atoms. The van der Waals surface area contributed by atoms with E-state index in [1.807, 2.05) is 42.3 Å². The fourth-order valence-electron chi connectivity index (χ4n) is 1.86. The predicted octanol–water partition coefficient (Wildman–Crippen LogP) is 2.17. The maximum absolute atomic E-state index is 8.92. The standard InChI is InChI=1S/C14H18N4O/c1-9(2)18(3)14-11(13(15)17-19)8-10-6-4-5-7-12(10)16-14/h4-9,19H,1-3H3,(H2,15,17). The van der Waals surface area contributed by atoms with Gasteiger partial charge in [-0.05, 0) is 26.0 Å². The molecule has 1 aromatic heterocycles. The van der Waals surface area contributed by atoms with Crippen molar-refractivity contribution in [1.82, 2.24) is 4.98 Å². The third-order valence-corrected chi connectivity index (χ3v) is 3.20. The molecule has 0 bridgehead atoms. The maximum atomic E-state index is 8.92. The number of anilines is 1. The van der Waals surface area contributed by atoms with Crippen LogP contribution in [-0.4, -0.2) is 29.1 Å². The van der Waals surface area contributed by atoms with Gasteiger partial charge in [0.05, 0.1) is 11.1 Å². The summed E-state index contributed by atoms with van der Waals surface area (Å²) in [5.41, 5.74) is 7.28. The van der Waals surface area contributed by atoms with Crippen LogP contribution in [0.15, 0.2) is 35.5 Å². The SMILES string of the molecule is CC(C)N(C)c1nc2ccccc2cc1C(N)=NO. The molecule has 3 N–H and O–H groups in total. The van der Waals surface area contributed by atoms with Crippen molar-refractivity contribution in [3.05, 3.63) is 35.9 Å². The van der Waals surface area contributed by atoms with Crippen LogP contribution in [0.3, 0.4) is 0 Å². The normalized spacial score (nSPS) is 12.1. The molecule has 0 atom stereocenters. The molecule has 5 nitrogen and oxygen atoms in total. The van der Waals surface area contributed by atoms with Gasteiger partial charge in [0, 0.05) is 18.5 Å². The van der Waals surface area contributed by atoms with Gasteiger partial charge in [-0.3, -0.25) is 0 Å². The molecule has 1 heterocycles. The summed E-state index contributed by atoms with van der Waals surface area (Å²) < 4.78 is 0. The summed E-state index contributed by atoms with van der Waals surface area (Å²) >= 11 is 0. The molecule has 0 aliphatic heterocycles. The van der Waals surface area contributed by atoms with Crippen LogP contribution in [0.5, 0.6) is 0 Å². The molecule has 2 rings (SSSR count). The summed E-state index contributed by atoms with van der Waals surface area (Å²) in [6.07, 6.45) is 0. The van der Waals surface area contributed by atoms with Crippen molar-refractivity contribution in [1.29, 1.82) is 0 Å². The molecule has 0 amide bonds. The summed E-state index contributed by atoms with van der Waals surface area (Å²) in [5.74, 6) is 0.782. The number of hydrogen-bond donors (Lipinski definition) is 2. The number of fused-ring (bicyclic) bond motifs is 1. The van der Waals surface area contributed by atoms with Gasteiger partial charge in [0.25, 0.3) is 0 Å². The highest BCUT2D eigenvalue weighted by atomic mass is 16.4. The van der Waals surface area contributed by atoms with E-state index in [1.165, 1.54) is 0 Å². The van der Waals surface area contributed by atoms with Crippen LogP contribution in [0.2, 0.25) is 0 Å². The zero-order chi connectivity index (χ0) is 14.0. The number of aromatic nitrogens is 1. The summed E-state index contributed by atoms with van der Waals surface area (Å²) in [5, 5.41) is 13.0. The van der Waals surface area contributed by atoms with E-state index >= 15 is 0 Å². The highest BCUT2D eigenvalue weighted by Gasteiger charge is 2.16. The predicted molar refractivity (Wildman–Crippen MR) is 77.8 cm³/mol. The topological polar surface area (TPSA) is 74.7 Å². The Kier molecular flexibility index (Phi) is 3.55. The zero-order valence-electron chi connectivity index (χ0n) is 11.3. The van der Waals surface area contributed by atoms with Crippen LogP contribution < -0.4 is 10.6 Å². The van der Waals surface area contributed by atoms with Crippen LogP contribution in [0.1, 0.15) is 19.4 Å². The third-order valence-electron chi connectivity index (χ3n) is 3.20. The van der Waals surface area contributed by atoms with E-state index in [9.17, 15) is 0 Å². The van der Waals surface area contributed by atoms with Gasteiger partial charge in [-0.25, -0.2) is 4.98 Å². The maximum Gasteiger partial charge on any atom is 0.173 e. The number of oxime groups is 1. The summed E-state index contributed by atoms with van der Waals surface area (Å²) in [7, 11) is 1.94. The molecule has 2 aromatic rings. The molecule has 0 saturated carbocycles. The van der Waals surface area contributed by atoms with Crippen LogP contribution in [0.4, 0.5) is 5.82 Å².